The van der Waals surface area contributed by atoms with E-state index in [2.05, 4.69) is 10.3 Å². The zero-order valence-corrected chi connectivity index (χ0v) is 11.8. The summed E-state index contributed by atoms with van der Waals surface area (Å²) in [6.07, 6.45) is -3.78. The van der Waals surface area contributed by atoms with Crippen molar-refractivity contribution < 1.29 is 17.6 Å². The molecule has 1 aromatic rings. The molecule has 0 aliphatic carbocycles. The van der Waals surface area contributed by atoms with Crippen LogP contribution in [-0.4, -0.2) is 16.5 Å². The zero-order chi connectivity index (χ0) is 14.9. The number of hydrogen-bond donors (Lipinski definition) is 1. The van der Waals surface area contributed by atoms with E-state index in [0.717, 1.165) is 18.6 Å². The van der Waals surface area contributed by atoms with Crippen LogP contribution in [-0.2, 0) is 6.18 Å². The summed E-state index contributed by atoms with van der Waals surface area (Å²) in [5, 5.41) is 3.73. The number of aliphatic imine (C=N–C) groups is 1. The second-order valence-electron chi connectivity index (χ2n) is 4.76. The fourth-order valence-corrected chi connectivity index (χ4v) is 3.18. The van der Waals surface area contributed by atoms with Crippen LogP contribution >= 0.6 is 11.8 Å². The van der Waals surface area contributed by atoms with E-state index in [-0.39, 0.29) is 11.7 Å². The Hall–Kier alpha value is -1.24. The lowest BCUT2D eigenvalue weighted by Crippen LogP contribution is -2.23. The van der Waals surface area contributed by atoms with Gasteiger partial charge in [0.1, 0.15) is 5.82 Å². The molecule has 20 heavy (non-hydrogen) atoms. The Kier molecular flexibility index (Phi) is 4.27. The zero-order valence-electron chi connectivity index (χ0n) is 11.0. The van der Waals surface area contributed by atoms with E-state index >= 15 is 0 Å². The molecular formula is C13H14F4N2S. The maximum Gasteiger partial charge on any atom is 0.419 e. The molecule has 1 aromatic carbocycles. The van der Waals surface area contributed by atoms with Crippen LogP contribution in [0.15, 0.2) is 23.2 Å². The van der Waals surface area contributed by atoms with Crippen molar-refractivity contribution in [3.63, 3.8) is 0 Å². The monoisotopic (exact) mass is 306 g/mol. The number of rotatable bonds is 1. The van der Waals surface area contributed by atoms with Crippen molar-refractivity contribution in [3.8, 4) is 0 Å². The summed E-state index contributed by atoms with van der Waals surface area (Å²) in [5.74, 6) is -1.27. The van der Waals surface area contributed by atoms with Gasteiger partial charge in [-0.3, -0.25) is 4.99 Å². The van der Waals surface area contributed by atoms with Crippen LogP contribution in [0, 0.1) is 5.82 Å². The highest BCUT2D eigenvalue weighted by atomic mass is 32.2. The summed E-state index contributed by atoms with van der Waals surface area (Å²) in [4.78, 5) is 4.34. The SMILES string of the molecule is CC1CC(C)SC(Nc2ccc(F)c(C(F)(F)F)c2)=N1. The summed E-state index contributed by atoms with van der Waals surface area (Å²) < 4.78 is 51.1. The minimum atomic E-state index is -4.70. The van der Waals surface area contributed by atoms with Crippen LogP contribution in [0.4, 0.5) is 23.2 Å². The molecule has 0 amide bonds. The highest BCUT2D eigenvalue weighted by molar-refractivity contribution is 8.14. The first kappa shape index (κ1) is 15.2. The van der Waals surface area contributed by atoms with Crippen molar-refractivity contribution in [2.45, 2.75) is 37.7 Å². The summed E-state index contributed by atoms with van der Waals surface area (Å²) in [7, 11) is 0. The summed E-state index contributed by atoms with van der Waals surface area (Å²) in [6.45, 7) is 3.98. The van der Waals surface area contributed by atoms with Gasteiger partial charge >= 0.3 is 6.18 Å². The van der Waals surface area contributed by atoms with E-state index in [4.69, 9.17) is 0 Å². The van der Waals surface area contributed by atoms with Crippen LogP contribution in [0.25, 0.3) is 0 Å². The predicted octanol–water partition coefficient (Wildman–Crippen LogP) is 4.53. The Morgan fingerprint density at radius 3 is 2.60 bits per heavy atom. The van der Waals surface area contributed by atoms with Crippen molar-refractivity contribution in [1.82, 2.24) is 0 Å². The summed E-state index contributed by atoms with van der Waals surface area (Å²) in [6, 6.07) is 2.97. The highest BCUT2D eigenvalue weighted by Crippen LogP contribution is 2.33. The molecule has 0 radical (unpaired) electrons. The van der Waals surface area contributed by atoms with Gasteiger partial charge in [0.2, 0.25) is 0 Å². The van der Waals surface area contributed by atoms with Gasteiger partial charge in [0.25, 0.3) is 0 Å². The van der Waals surface area contributed by atoms with E-state index in [9.17, 15) is 17.6 Å². The number of halogens is 4. The molecule has 0 fully saturated rings. The second kappa shape index (κ2) is 5.63. The molecule has 2 rings (SSSR count). The van der Waals surface area contributed by atoms with Gasteiger partial charge in [-0.2, -0.15) is 13.2 Å². The fraction of sp³-hybridized carbons (Fsp3) is 0.462. The molecule has 0 aromatic heterocycles. The Balaban J connectivity index is 2.22. The van der Waals surface area contributed by atoms with Crippen LogP contribution in [0.1, 0.15) is 25.8 Å². The van der Waals surface area contributed by atoms with Gasteiger partial charge < -0.3 is 5.32 Å². The quantitative estimate of drug-likeness (QED) is 0.771. The van der Waals surface area contributed by atoms with Crippen molar-refractivity contribution in [2.24, 2.45) is 4.99 Å². The molecule has 110 valence electrons. The number of hydrogen-bond acceptors (Lipinski definition) is 3. The average Bonchev–Trinajstić information content (AvgIpc) is 2.29. The van der Waals surface area contributed by atoms with Gasteiger partial charge in [-0.25, -0.2) is 4.39 Å². The molecule has 0 saturated heterocycles. The Morgan fingerprint density at radius 1 is 1.30 bits per heavy atom. The van der Waals surface area contributed by atoms with E-state index in [1.807, 2.05) is 13.8 Å². The van der Waals surface area contributed by atoms with Crippen LogP contribution in [0.2, 0.25) is 0 Å². The Morgan fingerprint density at radius 2 is 2.00 bits per heavy atom. The number of nitrogens with zero attached hydrogens (tertiary/aromatic N) is 1. The van der Waals surface area contributed by atoms with E-state index in [1.165, 1.54) is 17.8 Å². The van der Waals surface area contributed by atoms with Gasteiger partial charge in [0, 0.05) is 10.9 Å². The van der Waals surface area contributed by atoms with Gasteiger partial charge in [0.05, 0.1) is 11.6 Å². The van der Waals surface area contributed by atoms with Gasteiger partial charge in [0.15, 0.2) is 5.17 Å². The van der Waals surface area contributed by atoms with Crippen molar-refractivity contribution in [2.75, 3.05) is 5.32 Å². The molecule has 0 spiro atoms. The average molecular weight is 306 g/mol. The highest BCUT2D eigenvalue weighted by Gasteiger charge is 2.34. The molecular weight excluding hydrogens is 292 g/mol. The van der Waals surface area contributed by atoms with Gasteiger partial charge in [-0.1, -0.05) is 18.7 Å². The molecule has 1 aliphatic heterocycles. The first-order valence-electron chi connectivity index (χ1n) is 6.14. The topological polar surface area (TPSA) is 24.4 Å². The van der Waals surface area contributed by atoms with E-state index in [0.29, 0.717) is 10.4 Å². The Bertz CT molecular complexity index is 528. The predicted molar refractivity (Wildman–Crippen MR) is 73.6 cm³/mol. The van der Waals surface area contributed by atoms with Gasteiger partial charge in [-0.15, -0.1) is 0 Å². The molecule has 0 saturated carbocycles. The summed E-state index contributed by atoms with van der Waals surface area (Å²) >= 11 is 1.47. The molecule has 1 heterocycles. The van der Waals surface area contributed by atoms with E-state index < -0.39 is 17.6 Å². The van der Waals surface area contributed by atoms with Crippen molar-refractivity contribution in [1.29, 1.82) is 0 Å². The lowest BCUT2D eigenvalue weighted by Gasteiger charge is -2.23. The largest absolute Gasteiger partial charge is 0.419 e. The van der Waals surface area contributed by atoms with Crippen molar-refractivity contribution >= 4 is 22.6 Å². The lowest BCUT2D eigenvalue weighted by molar-refractivity contribution is -0.139. The molecule has 1 N–H and O–H groups in total. The van der Waals surface area contributed by atoms with Crippen LogP contribution in [0.3, 0.4) is 0 Å². The number of anilines is 1. The standard InChI is InChI=1S/C13H14F4N2S/c1-7-5-8(2)20-12(18-7)19-9-3-4-11(14)10(6-9)13(15,16)17/h3-4,6-8H,5H2,1-2H3,(H,18,19). The third-order valence-corrected chi connectivity index (χ3v) is 3.87. The fourth-order valence-electron chi connectivity index (χ4n) is 2.01. The molecule has 2 atom stereocenters. The maximum absolute atomic E-state index is 13.2. The smallest absolute Gasteiger partial charge is 0.335 e. The third-order valence-electron chi connectivity index (χ3n) is 2.85. The normalized spacial score (nSPS) is 23.4. The molecule has 1 aliphatic rings. The molecule has 7 heteroatoms. The molecule has 0 bridgehead atoms. The minimum Gasteiger partial charge on any atom is -0.335 e. The first-order chi connectivity index (χ1) is 9.25. The molecule has 2 nitrogen and oxygen atoms in total. The summed E-state index contributed by atoms with van der Waals surface area (Å²) in [5.41, 5.74) is -1.09. The number of benzene rings is 1. The minimum absolute atomic E-state index is 0.122. The van der Waals surface area contributed by atoms with E-state index in [1.54, 1.807) is 0 Å². The maximum atomic E-state index is 13.2. The number of amidine groups is 1. The van der Waals surface area contributed by atoms with Crippen molar-refractivity contribution in [3.05, 3.63) is 29.6 Å². The third kappa shape index (κ3) is 3.65. The van der Waals surface area contributed by atoms with Crippen LogP contribution in [0.5, 0.6) is 0 Å². The number of nitrogens with one attached hydrogen (secondary N) is 1. The number of alkyl halides is 3. The lowest BCUT2D eigenvalue weighted by atomic mass is 10.2. The second-order valence-corrected chi connectivity index (χ2v) is 6.19. The molecule has 2 unspecified atom stereocenters. The number of thioether (sulfide) groups is 1. The Labute approximate surface area is 118 Å². The first-order valence-corrected chi connectivity index (χ1v) is 7.02. The van der Waals surface area contributed by atoms with Crippen LogP contribution < -0.4 is 5.32 Å². The van der Waals surface area contributed by atoms with Gasteiger partial charge in [-0.05, 0) is 31.5 Å².